The van der Waals surface area contributed by atoms with E-state index in [0.717, 1.165) is 13.0 Å². The van der Waals surface area contributed by atoms with Gasteiger partial charge in [0.25, 0.3) is 0 Å². The molecular formula is C16H21NO. The van der Waals surface area contributed by atoms with E-state index in [1.165, 1.54) is 16.3 Å². The van der Waals surface area contributed by atoms with Crippen LogP contribution in [0.3, 0.4) is 0 Å². The van der Waals surface area contributed by atoms with Gasteiger partial charge in [-0.15, -0.1) is 0 Å². The summed E-state index contributed by atoms with van der Waals surface area (Å²) in [4.78, 5) is 0. The van der Waals surface area contributed by atoms with Gasteiger partial charge in [-0.1, -0.05) is 42.5 Å². The standard InChI is InChI=1S/C16H21NO/c1-16(2,12-18)17-11-10-14-8-5-7-13-6-3-4-9-15(13)14/h3-9,17-18H,10-12H2,1-2H3. The van der Waals surface area contributed by atoms with Crippen molar-refractivity contribution in [2.24, 2.45) is 0 Å². The molecule has 0 atom stereocenters. The van der Waals surface area contributed by atoms with Gasteiger partial charge in [-0.05, 0) is 43.1 Å². The summed E-state index contributed by atoms with van der Waals surface area (Å²) in [5.41, 5.74) is 1.15. The summed E-state index contributed by atoms with van der Waals surface area (Å²) in [5.74, 6) is 0. The molecule has 0 bridgehead atoms. The number of hydrogen-bond acceptors (Lipinski definition) is 2. The number of aliphatic hydroxyl groups is 1. The monoisotopic (exact) mass is 243 g/mol. The molecular weight excluding hydrogens is 222 g/mol. The van der Waals surface area contributed by atoms with Gasteiger partial charge in [-0.25, -0.2) is 0 Å². The number of fused-ring (bicyclic) bond motifs is 1. The van der Waals surface area contributed by atoms with Gasteiger partial charge in [0.2, 0.25) is 0 Å². The first kappa shape index (κ1) is 13.1. The first-order chi connectivity index (χ1) is 8.62. The highest BCUT2D eigenvalue weighted by Crippen LogP contribution is 2.18. The Bertz CT molecular complexity index is 514. The molecule has 2 heteroatoms. The first-order valence-electron chi connectivity index (χ1n) is 6.45. The Balaban J connectivity index is 2.08. The maximum Gasteiger partial charge on any atom is 0.0607 e. The number of nitrogens with one attached hydrogen (secondary N) is 1. The number of aliphatic hydroxyl groups excluding tert-OH is 1. The molecule has 2 aromatic rings. The predicted molar refractivity (Wildman–Crippen MR) is 76.8 cm³/mol. The number of benzene rings is 2. The van der Waals surface area contributed by atoms with Crippen molar-refractivity contribution in [2.45, 2.75) is 25.8 Å². The van der Waals surface area contributed by atoms with Crippen LogP contribution in [0.2, 0.25) is 0 Å². The maximum atomic E-state index is 9.20. The fraction of sp³-hybridized carbons (Fsp3) is 0.375. The molecule has 0 amide bonds. The van der Waals surface area contributed by atoms with Crippen molar-refractivity contribution in [3.8, 4) is 0 Å². The SMILES string of the molecule is CC(C)(CO)NCCc1cccc2ccccc12. The zero-order chi connectivity index (χ0) is 13.0. The van der Waals surface area contributed by atoms with E-state index in [1.807, 2.05) is 13.8 Å². The Kier molecular flexibility index (Phi) is 4.00. The summed E-state index contributed by atoms with van der Waals surface area (Å²) in [5, 5.41) is 15.2. The Morgan fingerprint density at radius 3 is 2.56 bits per heavy atom. The van der Waals surface area contributed by atoms with Crippen molar-refractivity contribution in [3.05, 3.63) is 48.0 Å². The van der Waals surface area contributed by atoms with Crippen molar-refractivity contribution >= 4 is 10.8 Å². The average Bonchev–Trinajstić information content (AvgIpc) is 2.39. The Morgan fingerprint density at radius 1 is 1.06 bits per heavy atom. The van der Waals surface area contributed by atoms with Crippen LogP contribution in [0, 0.1) is 0 Å². The summed E-state index contributed by atoms with van der Waals surface area (Å²) in [6.07, 6.45) is 0.977. The summed E-state index contributed by atoms with van der Waals surface area (Å²) in [6, 6.07) is 14.9. The van der Waals surface area contributed by atoms with Gasteiger partial charge in [0.15, 0.2) is 0 Å². The van der Waals surface area contributed by atoms with Gasteiger partial charge in [0.05, 0.1) is 6.61 Å². The minimum absolute atomic E-state index is 0.155. The van der Waals surface area contributed by atoms with Crippen LogP contribution >= 0.6 is 0 Å². The summed E-state index contributed by atoms with van der Waals surface area (Å²) in [7, 11) is 0. The smallest absolute Gasteiger partial charge is 0.0607 e. The summed E-state index contributed by atoms with van der Waals surface area (Å²) < 4.78 is 0. The Labute approximate surface area is 109 Å². The summed E-state index contributed by atoms with van der Waals surface area (Å²) in [6.45, 7) is 5.05. The maximum absolute atomic E-state index is 9.20. The molecule has 0 heterocycles. The molecule has 0 aliphatic carbocycles. The van der Waals surface area contributed by atoms with E-state index < -0.39 is 0 Å². The molecule has 0 radical (unpaired) electrons. The predicted octanol–water partition coefficient (Wildman–Crippen LogP) is 2.74. The molecule has 0 saturated heterocycles. The highest BCUT2D eigenvalue weighted by atomic mass is 16.3. The lowest BCUT2D eigenvalue weighted by Gasteiger charge is -2.23. The molecule has 0 saturated carbocycles. The van der Waals surface area contributed by atoms with Gasteiger partial charge in [-0.2, -0.15) is 0 Å². The molecule has 2 aromatic carbocycles. The van der Waals surface area contributed by atoms with E-state index in [2.05, 4.69) is 47.8 Å². The van der Waals surface area contributed by atoms with Gasteiger partial charge in [0.1, 0.15) is 0 Å². The van der Waals surface area contributed by atoms with Crippen LogP contribution < -0.4 is 5.32 Å². The van der Waals surface area contributed by atoms with Crippen LogP contribution in [0.4, 0.5) is 0 Å². The number of hydrogen-bond donors (Lipinski definition) is 2. The van der Waals surface area contributed by atoms with Gasteiger partial charge >= 0.3 is 0 Å². The second-order valence-corrected chi connectivity index (χ2v) is 5.36. The third-order valence-electron chi connectivity index (χ3n) is 3.27. The van der Waals surface area contributed by atoms with Crippen LogP contribution in [-0.4, -0.2) is 23.8 Å². The fourth-order valence-corrected chi connectivity index (χ4v) is 2.10. The lowest BCUT2D eigenvalue weighted by atomic mass is 10.0. The van der Waals surface area contributed by atoms with Gasteiger partial charge < -0.3 is 10.4 Å². The lowest BCUT2D eigenvalue weighted by Crippen LogP contribution is -2.43. The van der Waals surface area contributed by atoms with Crippen molar-refractivity contribution < 1.29 is 5.11 Å². The third-order valence-corrected chi connectivity index (χ3v) is 3.27. The quantitative estimate of drug-likeness (QED) is 0.846. The third kappa shape index (κ3) is 3.09. The lowest BCUT2D eigenvalue weighted by molar-refractivity contribution is 0.189. The van der Waals surface area contributed by atoms with Crippen LogP contribution in [0.1, 0.15) is 19.4 Å². The molecule has 96 valence electrons. The molecule has 0 spiro atoms. The summed E-state index contributed by atoms with van der Waals surface area (Å²) >= 11 is 0. The van der Waals surface area contributed by atoms with E-state index in [1.54, 1.807) is 0 Å². The van der Waals surface area contributed by atoms with Crippen LogP contribution in [0.5, 0.6) is 0 Å². The molecule has 0 aliphatic rings. The highest BCUT2D eigenvalue weighted by Gasteiger charge is 2.14. The fourth-order valence-electron chi connectivity index (χ4n) is 2.10. The molecule has 0 unspecified atom stereocenters. The molecule has 2 nitrogen and oxygen atoms in total. The van der Waals surface area contributed by atoms with E-state index in [9.17, 15) is 5.11 Å². The van der Waals surface area contributed by atoms with E-state index in [-0.39, 0.29) is 12.1 Å². The Hall–Kier alpha value is -1.38. The second kappa shape index (κ2) is 5.51. The largest absolute Gasteiger partial charge is 0.394 e. The number of rotatable bonds is 5. The zero-order valence-corrected chi connectivity index (χ0v) is 11.1. The Morgan fingerprint density at radius 2 is 1.78 bits per heavy atom. The van der Waals surface area contributed by atoms with E-state index >= 15 is 0 Å². The van der Waals surface area contributed by atoms with Crippen molar-refractivity contribution in [3.63, 3.8) is 0 Å². The zero-order valence-electron chi connectivity index (χ0n) is 11.1. The topological polar surface area (TPSA) is 32.3 Å². The normalized spacial score (nSPS) is 11.9. The highest BCUT2D eigenvalue weighted by molar-refractivity contribution is 5.85. The van der Waals surface area contributed by atoms with Crippen molar-refractivity contribution in [1.82, 2.24) is 5.32 Å². The molecule has 18 heavy (non-hydrogen) atoms. The molecule has 2 N–H and O–H groups in total. The molecule has 2 rings (SSSR count). The van der Waals surface area contributed by atoms with Crippen LogP contribution in [0.15, 0.2) is 42.5 Å². The second-order valence-electron chi connectivity index (χ2n) is 5.36. The molecule has 0 fully saturated rings. The van der Waals surface area contributed by atoms with Gasteiger partial charge in [-0.3, -0.25) is 0 Å². The minimum Gasteiger partial charge on any atom is -0.394 e. The first-order valence-corrected chi connectivity index (χ1v) is 6.45. The minimum atomic E-state index is -0.204. The van der Waals surface area contributed by atoms with Crippen molar-refractivity contribution in [1.29, 1.82) is 0 Å². The van der Waals surface area contributed by atoms with Crippen LogP contribution in [-0.2, 0) is 6.42 Å². The average molecular weight is 243 g/mol. The van der Waals surface area contributed by atoms with E-state index in [0.29, 0.717) is 0 Å². The van der Waals surface area contributed by atoms with Gasteiger partial charge in [0, 0.05) is 5.54 Å². The van der Waals surface area contributed by atoms with E-state index in [4.69, 9.17) is 0 Å². The molecule has 0 aromatic heterocycles. The van der Waals surface area contributed by atoms with Crippen molar-refractivity contribution in [2.75, 3.05) is 13.2 Å². The molecule has 0 aliphatic heterocycles. The van der Waals surface area contributed by atoms with Crippen LogP contribution in [0.25, 0.3) is 10.8 Å².